The maximum absolute atomic E-state index is 5.63. The molecular formula is C5H11BCl2. The van der Waals surface area contributed by atoms with E-state index in [1.54, 1.807) is 0 Å². The summed E-state index contributed by atoms with van der Waals surface area (Å²) in [6, 6.07) is 0. The summed E-state index contributed by atoms with van der Waals surface area (Å²) in [4.78, 5) is 0. The summed E-state index contributed by atoms with van der Waals surface area (Å²) >= 11 is 11.3. The Labute approximate surface area is 61.5 Å². The molecule has 0 saturated heterocycles. The van der Waals surface area contributed by atoms with Crippen molar-refractivity contribution in [3.63, 3.8) is 0 Å². The second-order valence-corrected chi connectivity index (χ2v) is 3.74. The Kier molecular flexibility index (Phi) is 3.22. The molecule has 0 atom stereocenters. The van der Waals surface area contributed by atoms with E-state index < -0.39 is 0 Å². The highest BCUT2D eigenvalue weighted by Crippen LogP contribution is 2.35. The summed E-state index contributed by atoms with van der Waals surface area (Å²) in [6.45, 7) is 6.19. The van der Waals surface area contributed by atoms with Crippen molar-refractivity contribution in [3.05, 3.63) is 0 Å². The molecule has 3 heteroatoms. The fourth-order valence-electron chi connectivity index (χ4n) is 0.154. The van der Waals surface area contributed by atoms with Crippen LogP contribution in [0.4, 0.5) is 0 Å². The molecule has 0 aliphatic rings. The Morgan fingerprint density at radius 3 is 1.75 bits per heavy atom. The van der Waals surface area contributed by atoms with Crippen LogP contribution >= 0.6 is 22.9 Å². The maximum Gasteiger partial charge on any atom is 0.357 e. The molecule has 0 aromatic rings. The lowest BCUT2D eigenvalue weighted by Gasteiger charge is -2.20. The lowest BCUT2D eigenvalue weighted by atomic mass is 9.68. The van der Waals surface area contributed by atoms with E-state index in [2.05, 4.69) is 20.8 Å². The third-order valence-corrected chi connectivity index (χ3v) is 2.68. The van der Waals surface area contributed by atoms with Crippen LogP contribution in [0.5, 0.6) is 0 Å². The third-order valence-electron chi connectivity index (χ3n) is 1.50. The van der Waals surface area contributed by atoms with Gasteiger partial charge >= 0.3 is 5.54 Å². The molecule has 0 aromatic heterocycles. The highest BCUT2D eigenvalue weighted by atomic mass is 35.5. The molecule has 0 aliphatic carbocycles. The van der Waals surface area contributed by atoms with Crippen molar-refractivity contribution in [1.82, 2.24) is 0 Å². The van der Waals surface area contributed by atoms with Gasteiger partial charge in [0.15, 0.2) is 0 Å². The molecule has 0 saturated carbocycles. The average molecular weight is 153 g/mol. The number of rotatable bonds is 2. The van der Waals surface area contributed by atoms with Gasteiger partial charge in [-0.15, -0.1) is 0 Å². The zero-order valence-corrected chi connectivity index (χ0v) is 7.05. The quantitative estimate of drug-likeness (QED) is 0.534. The van der Waals surface area contributed by atoms with Crippen LogP contribution in [0.3, 0.4) is 0 Å². The first kappa shape index (κ1) is 8.64. The second kappa shape index (κ2) is 2.98. The zero-order chi connectivity index (χ0) is 6.78. The van der Waals surface area contributed by atoms with E-state index >= 15 is 0 Å². The standard InChI is InChI=1S/C5H11BCl2/c1-4-5(2,3)6(7)8/h4H2,1-3H3. The number of hydrogen-bond acceptors (Lipinski definition) is 0. The van der Waals surface area contributed by atoms with Gasteiger partial charge in [0, 0.05) is 0 Å². The van der Waals surface area contributed by atoms with Crippen molar-refractivity contribution < 1.29 is 0 Å². The molecule has 0 bridgehead atoms. The Morgan fingerprint density at radius 1 is 1.38 bits per heavy atom. The molecule has 0 rings (SSSR count). The molecule has 0 spiro atoms. The fraction of sp³-hybridized carbons (Fsp3) is 1.00. The van der Waals surface area contributed by atoms with Crippen LogP contribution in [-0.2, 0) is 0 Å². The van der Waals surface area contributed by atoms with Crippen molar-refractivity contribution in [2.75, 3.05) is 0 Å². The highest BCUT2D eigenvalue weighted by Gasteiger charge is 2.27. The van der Waals surface area contributed by atoms with Gasteiger partial charge in [-0.25, -0.2) is 0 Å². The topological polar surface area (TPSA) is 0 Å². The van der Waals surface area contributed by atoms with E-state index in [0.717, 1.165) is 6.42 Å². The van der Waals surface area contributed by atoms with E-state index in [-0.39, 0.29) is 10.9 Å². The second-order valence-electron chi connectivity index (χ2n) is 2.64. The first-order valence-electron chi connectivity index (χ1n) is 2.79. The smallest absolute Gasteiger partial charge is 0.171 e. The summed E-state index contributed by atoms with van der Waals surface area (Å²) in [5.74, 6) is 0. The Morgan fingerprint density at radius 2 is 1.75 bits per heavy atom. The van der Waals surface area contributed by atoms with E-state index in [4.69, 9.17) is 22.9 Å². The van der Waals surface area contributed by atoms with Gasteiger partial charge in [0.1, 0.15) is 0 Å². The molecule has 8 heavy (non-hydrogen) atoms. The van der Waals surface area contributed by atoms with Gasteiger partial charge in [-0.05, 0) is 5.31 Å². The van der Waals surface area contributed by atoms with Crippen molar-refractivity contribution in [3.8, 4) is 0 Å². The van der Waals surface area contributed by atoms with Crippen molar-refractivity contribution in [2.45, 2.75) is 32.5 Å². The van der Waals surface area contributed by atoms with Gasteiger partial charge < -0.3 is 0 Å². The summed E-state index contributed by atoms with van der Waals surface area (Å²) in [6.07, 6.45) is 1.02. The summed E-state index contributed by atoms with van der Waals surface area (Å²) in [5, 5.41) is 0.0725. The third kappa shape index (κ3) is 2.28. The van der Waals surface area contributed by atoms with Crippen LogP contribution < -0.4 is 0 Å². The molecule has 48 valence electrons. The molecule has 0 radical (unpaired) electrons. The fourth-order valence-corrected chi connectivity index (χ4v) is 0.463. The summed E-state index contributed by atoms with van der Waals surface area (Å²) < 4.78 is 0. The highest BCUT2D eigenvalue weighted by molar-refractivity contribution is 7.35. The Balaban J connectivity index is 3.71. The normalized spacial score (nSPS) is 11.6. The Bertz CT molecular complexity index is 70.8. The minimum Gasteiger partial charge on any atom is -0.171 e. The lowest BCUT2D eigenvalue weighted by molar-refractivity contribution is 0.647. The van der Waals surface area contributed by atoms with Gasteiger partial charge in [-0.1, -0.05) is 27.2 Å². The van der Waals surface area contributed by atoms with Gasteiger partial charge in [0.25, 0.3) is 0 Å². The van der Waals surface area contributed by atoms with Crippen molar-refractivity contribution in [1.29, 1.82) is 0 Å². The van der Waals surface area contributed by atoms with E-state index in [1.807, 2.05) is 0 Å². The molecular weight excluding hydrogens is 142 g/mol. The Hall–Kier alpha value is 0.645. The van der Waals surface area contributed by atoms with Crippen molar-refractivity contribution >= 4 is 28.5 Å². The van der Waals surface area contributed by atoms with Crippen LogP contribution in [-0.4, -0.2) is 5.54 Å². The SMILES string of the molecule is CCC(C)(C)B(Cl)Cl. The molecule has 0 nitrogen and oxygen atoms in total. The molecule has 0 amide bonds. The van der Waals surface area contributed by atoms with Gasteiger partial charge in [0.05, 0.1) is 0 Å². The van der Waals surface area contributed by atoms with Gasteiger partial charge in [0.2, 0.25) is 0 Å². The first-order valence-corrected chi connectivity index (χ1v) is 3.66. The summed E-state index contributed by atoms with van der Waals surface area (Å²) in [7, 11) is 0. The maximum atomic E-state index is 5.63. The minimum absolute atomic E-state index is 0.0725. The van der Waals surface area contributed by atoms with Crippen LogP contribution in [0.25, 0.3) is 0 Å². The van der Waals surface area contributed by atoms with Gasteiger partial charge in [-0.2, -0.15) is 22.9 Å². The predicted octanol–water partition coefficient (Wildman–Crippen LogP) is 3.14. The van der Waals surface area contributed by atoms with E-state index in [9.17, 15) is 0 Å². The van der Waals surface area contributed by atoms with Gasteiger partial charge in [-0.3, -0.25) is 0 Å². The van der Waals surface area contributed by atoms with E-state index in [1.165, 1.54) is 0 Å². The van der Waals surface area contributed by atoms with Crippen LogP contribution in [0.2, 0.25) is 5.31 Å². The monoisotopic (exact) mass is 152 g/mol. The molecule has 0 aromatic carbocycles. The van der Waals surface area contributed by atoms with E-state index in [0.29, 0.717) is 0 Å². The largest absolute Gasteiger partial charge is 0.357 e. The number of hydrogen-bond donors (Lipinski definition) is 0. The zero-order valence-electron chi connectivity index (χ0n) is 5.54. The molecule has 0 N–H and O–H groups in total. The molecule has 0 heterocycles. The average Bonchev–Trinajstić information content (AvgIpc) is 1.67. The molecule has 0 unspecified atom stereocenters. The van der Waals surface area contributed by atoms with Crippen LogP contribution in [0.1, 0.15) is 27.2 Å². The predicted molar refractivity (Wildman–Crippen MR) is 41.8 cm³/mol. The first-order chi connectivity index (χ1) is 3.50. The lowest BCUT2D eigenvalue weighted by Crippen LogP contribution is -2.14. The van der Waals surface area contributed by atoms with Crippen LogP contribution in [0, 0.1) is 0 Å². The minimum atomic E-state index is -0.243. The van der Waals surface area contributed by atoms with Crippen LogP contribution in [0.15, 0.2) is 0 Å². The molecule has 0 fully saturated rings. The molecule has 0 aliphatic heterocycles. The number of halogens is 2. The summed E-state index contributed by atoms with van der Waals surface area (Å²) in [5.41, 5.74) is -0.243. The van der Waals surface area contributed by atoms with Crippen molar-refractivity contribution in [2.24, 2.45) is 0 Å².